The van der Waals surface area contributed by atoms with E-state index in [1.807, 2.05) is 78.2 Å². The number of anilines is 1. The van der Waals surface area contributed by atoms with E-state index in [9.17, 15) is 4.79 Å². The monoisotopic (exact) mass is 345 g/mol. The molecule has 1 heterocycles. The molecule has 0 saturated carbocycles. The van der Waals surface area contributed by atoms with Crippen molar-refractivity contribution in [2.75, 3.05) is 5.43 Å². The third-order valence-corrected chi connectivity index (χ3v) is 4.63. The predicted molar refractivity (Wildman–Crippen MR) is 103 cm³/mol. The summed E-state index contributed by atoms with van der Waals surface area (Å²) in [5.74, 6) is -0.192. The normalized spacial score (nSPS) is 10.6. The van der Waals surface area contributed by atoms with Crippen molar-refractivity contribution in [1.29, 1.82) is 0 Å². The second kappa shape index (κ2) is 6.75. The molecule has 2 N–H and O–H groups in total. The fraction of sp³-hybridized carbons (Fsp3) is 0. The standard InChI is InChI=1S/C20H15N3OS/c24-19(17-11-10-14-6-4-5-9-16(14)12-17)22-23-20-21-18(13-25-20)15-7-2-1-3-8-15/h1-13H,(H,21,23)(H,22,24). The van der Waals surface area contributed by atoms with Crippen molar-refractivity contribution in [3.63, 3.8) is 0 Å². The van der Waals surface area contributed by atoms with Crippen molar-refractivity contribution in [3.05, 3.63) is 83.7 Å². The van der Waals surface area contributed by atoms with Gasteiger partial charge in [0, 0.05) is 16.5 Å². The average molecular weight is 345 g/mol. The van der Waals surface area contributed by atoms with Gasteiger partial charge in [-0.25, -0.2) is 4.98 Å². The maximum atomic E-state index is 12.3. The highest BCUT2D eigenvalue weighted by molar-refractivity contribution is 7.14. The van der Waals surface area contributed by atoms with Crippen LogP contribution in [0.15, 0.2) is 78.2 Å². The predicted octanol–water partition coefficient (Wildman–Crippen LogP) is 4.72. The van der Waals surface area contributed by atoms with Crippen LogP contribution in [0.4, 0.5) is 5.13 Å². The molecule has 1 amide bonds. The summed E-state index contributed by atoms with van der Waals surface area (Å²) in [5, 5.41) is 4.75. The van der Waals surface area contributed by atoms with Gasteiger partial charge in [-0.1, -0.05) is 60.7 Å². The molecule has 5 heteroatoms. The Balaban J connectivity index is 1.45. The molecule has 25 heavy (non-hydrogen) atoms. The SMILES string of the molecule is O=C(NNc1nc(-c2ccccc2)cs1)c1ccc2ccccc2c1. The first kappa shape index (κ1) is 15.4. The summed E-state index contributed by atoms with van der Waals surface area (Å²) in [7, 11) is 0. The number of thiazole rings is 1. The second-order valence-corrected chi connectivity index (χ2v) is 6.40. The number of hydrazine groups is 1. The minimum atomic E-state index is -0.192. The summed E-state index contributed by atoms with van der Waals surface area (Å²) >= 11 is 1.45. The number of nitrogens with zero attached hydrogens (tertiary/aromatic N) is 1. The number of aromatic nitrogens is 1. The second-order valence-electron chi connectivity index (χ2n) is 5.54. The van der Waals surface area contributed by atoms with Crippen molar-refractivity contribution >= 4 is 33.1 Å². The van der Waals surface area contributed by atoms with Crippen LogP contribution in [0.2, 0.25) is 0 Å². The molecule has 0 unspecified atom stereocenters. The highest BCUT2D eigenvalue weighted by Gasteiger charge is 2.08. The summed E-state index contributed by atoms with van der Waals surface area (Å²) in [6.07, 6.45) is 0. The molecule has 0 aliphatic heterocycles. The molecule has 4 nitrogen and oxygen atoms in total. The average Bonchev–Trinajstić information content (AvgIpc) is 3.15. The van der Waals surface area contributed by atoms with E-state index in [0.29, 0.717) is 10.7 Å². The summed E-state index contributed by atoms with van der Waals surface area (Å²) in [5.41, 5.74) is 8.13. The first-order chi connectivity index (χ1) is 12.3. The highest BCUT2D eigenvalue weighted by Crippen LogP contribution is 2.24. The summed E-state index contributed by atoms with van der Waals surface area (Å²) in [6, 6.07) is 23.5. The van der Waals surface area contributed by atoms with Gasteiger partial charge in [-0.05, 0) is 22.9 Å². The van der Waals surface area contributed by atoms with Gasteiger partial charge in [0.1, 0.15) is 0 Å². The van der Waals surface area contributed by atoms with E-state index in [1.165, 1.54) is 11.3 Å². The van der Waals surface area contributed by atoms with Crippen LogP contribution in [0.3, 0.4) is 0 Å². The number of carbonyl (C=O) groups is 1. The molecule has 4 rings (SSSR count). The first-order valence-corrected chi connectivity index (χ1v) is 8.74. The van der Waals surface area contributed by atoms with E-state index < -0.39 is 0 Å². The van der Waals surface area contributed by atoms with Gasteiger partial charge in [0.15, 0.2) is 0 Å². The van der Waals surface area contributed by atoms with Crippen molar-refractivity contribution in [2.45, 2.75) is 0 Å². The van der Waals surface area contributed by atoms with Crippen LogP contribution < -0.4 is 10.9 Å². The molecule has 1 aromatic heterocycles. The maximum absolute atomic E-state index is 12.3. The van der Waals surface area contributed by atoms with Gasteiger partial charge in [-0.2, -0.15) is 0 Å². The fourth-order valence-electron chi connectivity index (χ4n) is 2.59. The molecule has 0 aliphatic carbocycles. The highest BCUT2D eigenvalue weighted by atomic mass is 32.1. The maximum Gasteiger partial charge on any atom is 0.269 e. The van der Waals surface area contributed by atoms with Gasteiger partial charge < -0.3 is 0 Å². The Labute approximate surface area is 149 Å². The molecular formula is C20H15N3OS. The number of rotatable bonds is 4. The summed E-state index contributed by atoms with van der Waals surface area (Å²) < 4.78 is 0. The van der Waals surface area contributed by atoms with Crippen LogP contribution in [0.1, 0.15) is 10.4 Å². The zero-order valence-corrected chi connectivity index (χ0v) is 14.1. The van der Waals surface area contributed by atoms with E-state index in [4.69, 9.17) is 0 Å². The largest absolute Gasteiger partial charge is 0.273 e. The third kappa shape index (κ3) is 3.36. The van der Waals surface area contributed by atoms with Crippen molar-refractivity contribution in [2.24, 2.45) is 0 Å². The lowest BCUT2D eigenvalue weighted by Crippen LogP contribution is -2.29. The fourth-order valence-corrected chi connectivity index (χ4v) is 3.26. The minimum Gasteiger partial charge on any atom is -0.273 e. The minimum absolute atomic E-state index is 0.192. The molecule has 0 saturated heterocycles. The van der Waals surface area contributed by atoms with Gasteiger partial charge in [0.2, 0.25) is 5.13 Å². The number of nitrogens with one attached hydrogen (secondary N) is 2. The first-order valence-electron chi connectivity index (χ1n) is 7.86. The smallest absolute Gasteiger partial charge is 0.269 e. The topological polar surface area (TPSA) is 54.0 Å². The molecule has 3 aromatic carbocycles. The lowest BCUT2D eigenvalue weighted by atomic mass is 10.1. The number of carbonyl (C=O) groups excluding carboxylic acids is 1. The van der Waals surface area contributed by atoms with E-state index >= 15 is 0 Å². The van der Waals surface area contributed by atoms with E-state index in [-0.39, 0.29) is 5.91 Å². The van der Waals surface area contributed by atoms with Crippen molar-refractivity contribution in [1.82, 2.24) is 10.4 Å². The van der Waals surface area contributed by atoms with Gasteiger partial charge in [-0.3, -0.25) is 15.6 Å². The quantitative estimate of drug-likeness (QED) is 0.526. The van der Waals surface area contributed by atoms with Gasteiger partial charge in [0.25, 0.3) is 5.91 Å². The third-order valence-electron chi connectivity index (χ3n) is 3.87. The zero-order chi connectivity index (χ0) is 17.1. The molecule has 0 aliphatic rings. The van der Waals surface area contributed by atoms with Crippen LogP contribution in [0.25, 0.3) is 22.0 Å². The molecular weight excluding hydrogens is 330 g/mol. The lowest BCUT2D eigenvalue weighted by Gasteiger charge is -2.06. The molecule has 0 atom stereocenters. The molecule has 0 fully saturated rings. The van der Waals surface area contributed by atoms with E-state index in [1.54, 1.807) is 0 Å². The van der Waals surface area contributed by atoms with Crippen molar-refractivity contribution < 1.29 is 4.79 Å². The van der Waals surface area contributed by atoms with Gasteiger partial charge in [0.05, 0.1) is 5.69 Å². The summed E-state index contributed by atoms with van der Waals surface area (Å²) in [6.45, 7) is 0. The van der Waals surface area contributed by atoms with Crippen LogP contribution in [-0.4, -0.2) is 10.9 Å². The Morgan fingerprint density at radius 2 is 1.64 bits per heavy atom. The molecule has 122 valence electrons. The molecule has 0 spiro atoms. The van der Waals surface area contributed by atoms with Crippen LogP contribution in [0, 0.1) is 0 Å². The number of benzene rings is 3. The number of hydrogen-bond donors (Lipinski definition) is 2. The Hall–Kier alpha value is -3.18. The van der Waals surface area contributed by atoms with E-state index in [0.717, 1.165) is 22.0 Å². The summed E-state index contributed by atoms with van der Waals surface area (Å²) in [4.78, 5) is 16.8. The van der Waals surface area contributed by atoms with E-state index in [2.05, 4.69) is 15.8 Å². The Morgan fingerprint density at radius 1 is 0.880 bits per heavy atom. The zero-order valence-electron chi connectivity index (χ0n) is 13.3. The van der Waals surface area contributed by atoms with Crippen LogP contribution in [0.5, 0.6) is 0 Å². The number of hydrogen-bond acceptors (Lipinski definition) is 4. The number of fused-ring (bicyclic) bond motifs is 1. The number of amides is 1. The Morgan fingerprint density at radius 3 is 2.48 bits per heavy atom. The molecule has 4 aromatic rings. The van der Waals surface area contributed by atoms with Gasteiger partial charge >= 0.3 is 0 Å². The van der Waals surface area contributed by atoms with Crippen molar-refractivity contribution in [3.8, 4) is 11.3 Å². The van der Waals surface area contributed by atoms with Crippen LogP contribution >= 0.6 is 11.3 Å². The van der Waals surface area contributed by atoms with Crippen LogP contribution in [-0.2, 0) is 0 Å². The van der Waals surface area contributed by atoms with Gasteiger partial charge in [-0.15, -0.1) is 11.3 Å². The Bertz CT molecular complexity index is 1030. The Kier molecular flexibility index (Phi) is 4.14. The molecule has 0 radical (unpaired) electrons. The molecule has 0 bridgehead atoms. The lowest BCUT2D eigenvalue weighted by molar-refractivity contribution is 0.0963.